The first-order valence-electron chi connectivity index (χ1n) is 6.86. The van der Waals surface area contributed by atoms with Gasteiger partial charge in [-0.2, -0.15) is 4.98 Å². The van der Waals surface area contributed by atoms with Gasteiger partial charge in [-0.15, -0.1) is 0 Å². The molecule has 2 atom stereocenters. The summed E-state index contributed by atoms with van der Waals surface area (Å²) in [6, 6.07) is 0. The summed E-state index contributed by atoms with van der Waals surface area (Å²) < 4.78 is 5.39. The predicted octanol–water partition coefficient (Wildman–Crippen LogP) is 2.13. The topological polar surface area (TPSA) is 51.0 Å². The number of nitrogens with one attached hydrogen (secondary N) is 1. The fraction of sp³-hybridized carbons (Fsp3) is 0.846. The third kappa shape index (κ3) is 2.68. The highest BCUT2D eigenvalue weighted by molar-refractivity contribution is 4.99. The molecule has 0 amide bonds. The molecule has 0 aromatic carbocycles. The fourth-order valence-corrected chi connectivity index (χ4v) is 2.69. The van der Waals surface area contributed by atoms with Crippen molar-refractivity contribution >= 4 is 0 Å². The van der Waals surface area contributed by atoms with Crippen molar-refractivity contribution in [2.24, 2.45) is 11.8 Å². The van der Waals surface area contributed by atoms with Crippen LogP contribution < -0.4 is 5.32 Å². The number of piperidine rings is 1. The number of hydrogen-bond donors (Lipinski definition) is 1. The summed E-state index contributed by atoms with van der Waals surface area (Å²) in [7, 11) is 0. The minimum atomic E-state index is 0.459. The van der Waals surface area contributed by atoms with Crippen molar-refractivity contribution in [1.29, 1.82) is 0 Å². The highest BCUT2D eigenvalue weighted by atomic mass is 16.5. The maximum atomic E-state index is 5.39. The minimum Gasteiger partial charge on any atom is -0.339 e. The van der Waals surface area contributed by atoms with E-state index in [1.165, 1.54) is 25.7 Å². The molecule has 3 rings (SSSR count). The van der Waals surface area contributed by atoms with E-state index < -0.39 is 0 Å². The molecule has 4 heteroatoms. The van der Waals surface area contributed by atoms with Gasteiger partial charge < -0.3 is 9.84 Å². The van der Waals surface area contributed by atoms with Crippen LogP contribution in [0.1, 0.15) is 50.2 Å². The second-order valence-electron chi connectivity index (χ2n) is 5.59. The van der Waals surface area contributed by atoms with Crippen molar-refractivity contribution in [3.63, 3.8) is 0 Å². The Labute approximate surface area is 102 Å². The van der Waals surface area contributed by atoms with Gasteiger partial charge in [-0.25, -0.2) is 0 Å². The van der Waals surface area contributed by atoms with Crippen LogP contribution >= 0.6 is 0 Å². The molecule has 1 saturated carbocycles. The smallest absolute Gasteiger partial charge is 0.229 e. The third-order valence-corrected chi connectivity index (χ3v) is 4.07. The highest BCUT2D eigenvalue weighted by Gasteiger charge is 2.32. The molecular formula is C13H21N3O. The molecular weight excluding hydrogens is 214 g/mol. The number of nitrogens with zero attached hydrogens (tertiary/aromatic N) is 2. The summed E-state index contributed by atoms with van der Waals surface area (Å²) >= 11 is 0. The molecule has 1 saturated heterocycles. The van der Waals surface area contributed by atoms with E-state index >= 15 is 0 Å². The second kappa shape index (κ2) is 4.77. The molecule has 2 unspecified atom stereocenters. The highest BCUT2D eigenvalue weighted by Crippen LogP contribution is 2.41. The SMILES string of the molecule is CC(c1nc(CC2CCCNC2)no1)C1CC1. The first kappa shape index (κ1) is 11.2. The van der Waals surface area contributed by atoms with E-state index in [0.29, 0.717) is 11.8 Å². The van der Waals surface area contributed by atoms with Crippen LogP contribution in [-0.2, 0) is 6.42 Å². The monoisotopic (exact) mass is 235 g/mol. The van der Waals surface area contributed by atoms with Crippen molar-refractivity contribution in [2.45, 2.75) is 44.9 Å². The van der Waals surface area contributed by atoms with Gasteiger partial charge in [0.2, 0.25) is 5.89 Å². The van der Waals surface area contributed by atoms with Crippen molar-refractivity contribution in [1.82, 2.24) is 15.5 Å². The average Bonchev–Trinajstić information content (AvgIpc) is 3.11. The molecule has 2 fully saturated rings. The lowest BCUT2D eigenvalue weighted by atomic mass is 9.96. The van der Waals surface area contributed by atoms with E-state index in [9.17, 15) is 0 Å². The zero-order chi connectivity index (χ0) is 11.7. The van der Waals surface area contributed by atoms with Crippen LogP contribution in [0.3, 0.4) is 0 Å². The molecule has 0 bridgehead atoms. The summed E-state index contributed by atoms with van der Waals surface area (Å²) in [6.07, 6.45) is 6.17. The van der Waals surface area contributed by atoms with Gasteiger partial charge in [-0.1, -0.05) is 12.1 Å². The molecule has 1 aromatic heterocycles. The van der Waals surface area contributed by atoms with Crippen LogP contribution in [0.5, 0.6) is 0 Å². The Hall–Kier alpha value is -0.900. The molecule has 1 aliphatic carbocycles. The van der Waals surface area contributed by atoms with E-state index in [4.69, 9.17) is 4.52 Å². The van der Waals surface area contributed by atoms with Crippen LogP contribution in [-0.4, -0.2) is 23.2 Å². The average molecular weight is 235 g/mol. The van der Waals surface area contributed by atoms with Gasteiger partial charge in [0.25, 0.3) is 0 Å². The van der Waals surface area contributed by atoms with Crippen LogP contribution in [0.15, 0.2) is 4.52 Å². The summed E-state index contributed by atoms with van der Waals surface area (Å²) in [5.74, 6) is 3.69. The Morgan fingerprint density at radius 1 is 1.41 bits per heavy atom. The molecule has 2 heterocycles. The summed E-state index contributed by atoms with van der Waals surface area (Å²) in [5, 5.41) is 7.55. The van der Waals surface area contributed by atoms with Gasteiger partial charge in [-0.05, 0) is 50.6 Å². The second-order valence-corrected chi connectivity index (χ2v) is 5.59. The van der Waals surface area contributed by atoms with Gasteiger partial charge in [0.15, 0.2) is 5.82 Å². The van der Waals surface area contributed by atoms with Crippen molar-refractivity contribution in [2.75, 3.05) is 13.1 Å². The normalized spacial score (nSPS) is 27.0. The zero-order valence-corrected chi connectivity index (χ0v) is 10.5. The first-order valence-corrected chi connectivity index (χ1v) is 6.86. The standard InChI is InChI=1S/C13H21N3O/c1-9(11-4-5-11)13-15-12(16-17-13)7-10-3-2-6-14-8-10/h9-11,14H,2-8H2,1H3. The van der Waals surface area contributed by atoms with Crippen LogP contribution in [0.25, 0.3) is 0 Å². The summed E-state index contributed by atoms with van der Waals surface area (Å²) in [5.41, 5.74) is 0. The van der Waals surface area contributed by atoms with E-state index in [0.717, 1.165) is 37.1 Å². The predicted molar refractivity (Wildman–Crippen MR) is 64.7 cm³/mol. The summed E-state index contributed by atoms with van der Waals surface area (Å²) in [6.45, 7) is 4.46. The van der Waals surface area contributed by atoms with Gasteiger partial charge in [0.05, 0.1) is 0 Å². The third-order valence-electron chi connectivity index (χ3n) is 4.07. The molecule has 94 valence electrons. The molecule has 1 aromatic rings. The van der Waals surface area contributed by atoms with Crippen molar-refractivity contribution < 1.29 is 4.52 Å². The Morgan fingerprint density at radius 2 is 2.29 bits per heavy atom. The van der Waals surface area contributed by atoms with Crippen LogP contribution in [0.2, 0.25) is 0 Å². The first-order chi connectivity index (χ1) is 8.33. The lowest BCUT2D eigenvalue weighted by Crippen LogP contribution is -2.31. The molecule has 1 aliphatic heterocycles. The van der Waals surface area contributed by atoms with Gasteiger partial charge in [-0.3, -0.25) is 0 Å². The molecule has 0 radical (unpaired) electrons. The quantitative estimate of drug-likeness (QED) is 0.868. The minimum absolute atomic E-state index is 0.459. The van der Waals surface area contributed by atoms with E-state index in [1.54, 1.807) is 0 Å². The lowest BCUT2D eigenvalue weighted by Gasteiger charge is -2.20. The maximum absolute atomic E-state index is 5.39. The lowest BCUT2D eigenvalue weighted by molar-refractivity contribution is 0.335. The Morgan fingerprint density at radius 3 is 3.00 bits per heavy atom. The van der Waals surface area contributed by atoms with Gasteiger partial charge >= 0.3 is 0 Å². The van der Waals surface area contributed by atoms with Crippen LogP contribution in [0, 0.1) is 11.8 Å². The van der Waals surface area contributed by atoms with Gasteiger partial charge in [0, 0.05) is 12.3 Å². The Bertz CT molecular complexity index is 366. The Kier molecular flexibility index (Phi) is 3.14. The molecule has 1 N–H and O–H groups in total. The van der Waals surface area contributed by atoms with Crippen LogP contribution in [0.4, 0.5) is 0 Å². The van der Waals surface area contributed by atoms with E-state index in [-0.39, 0.29) is 0 Å². The number of aromatic nitrogens is 2. The molecule has 0 spiro atoms. The van der Waals surface area contributed by atoms with Gasteiger partial charge in [0.1, 0.15) is 0 Å². The Balaban J connectivity index is 1.59. The van der Waals surface area contributed by atoms with E-state index in [1.807, 2.05) is 0 Å². The fourth-order valence-electron chi connectivity index (χ4n) is 2.69. The number of hydrogen-bond acceptors (Lipinski definition) is 4. The molecule has 4 nitrogen and oxygen atoms in total. The van der Waals surface area contributed by atoms with E-state index in [2.05, 4.69) is 22.4 Å². The number of rotatable bonds is 4. The summed E-state index contributed by atoms with van der Waals surface area (Å²) in [4.78, 5) is 4.56. The van der Waals surface area contributed by atoms with Crippen molar-refractivity contribution in [3.8, 4) is 0 Å². The molecule has 2 aliphatic rings. The van der Waals surface area contributed by atoms with Crippen molar-refractivity contribution in [3.05, 3.63) is 11.7 Å². The zero-order valence-electron chi connectivity index (χ0n) is 10.5. The molecule has 17 heavy (non-hydrogen) atoms. The maximum Gasteiger partial charge on any atom is 0.229 e. The largest absolute Gasteiger partial charge is 0.339 e.